The quantitative estimate of drug-likeness (QED) is 0.300. The van der Waals surface area contributed by atoms with Crippen molar-refractivity contribution in [3.63, 3.8) is 0 Å². The fourth-order valence-corrected chi connectivity index (χ4v) is 5.39. The second-order valence-corrected chi connectivity index (χ2v) is 10.0. The molecule has 2 amide bonds. The number of nitrogens with zero attached hydrogens (tertiary/aromatic N) is 2. The third-order valence-corrected chi connectivity index (χ3v) is 7.28. The number of hydrogen-bond donors (Lipinski definition) is 0. The number of imide groups is 1. The first kappa shape index (κ1) is 24.4. The van der Waals surface area contributed by atoms with E-state index in [-0.39, 0.29) is 11.8 Å². The van der Waals surface area contributed by atoms with Crippen molar-refractivity contribution in [2.24, 2.45) is 0 Å². The number of hydrogen-bond acceptors (Lipinski definition) is 3. The van der Waals surface area contributed by atoms with Gasteiger partial charge in [0, 0.05) is 27.2 Å². The van der Waals surface area contributed by atoms with Gasteiger partial charge in [0.15, 0.2) is 0 Å². The van der Waals surface area contributed by atoms with Crippen LogP contribution < -0.4 is 20.3 Å². The Morgan fingerprint density at radius 3 is 2.26 bits per heavy atom. The van der Waals surface area contributed by atoms with Gasteiger partial charge in [-0.05, 0) is 91.9 Å². The second kappa shape index (κ2) is 9.44. The molecule has 0 spiro atoms. The first-order chi connectivity index (χ1) is 18.8. The number of carbonyl (C=O) groups is 2. The minimum absolute atomic E-state index is 0.319. The summed E-state index contributed by atoms with van der Waals surface area (Å²) in [6, 6.07) is 18.8. The maximum absolute atomic E-state index is 13.4. The van der Waals surface area contributed by atoms with Gasteiger partial charge in [0.05, 0.1) is 16.8 Å². The van der Waals surface area contributed by atoms with Gasteiger partial charge in [0.1, 0.15) is 11.5 Å². The van der Waals surface area contributed by atoms with E-state index in [0.717, 1.165) is 56.9 Å². The SMILES string of the molecule is C=C(C)n1c(=C)c2ccc(Cc3ccc4c(c3)C(=O)N(c3ccc(OC5=CCCC=C5)cc3)C4=O)cc2c1=C. The summed E-state index contributed by atoms with van der Waals surface area (Å²) in [5, 5.41) is 3.80. The molecule has 0 fully saturated rings. The Bertz CT molecular complexity index is 1860. The number of ether oxygens (including phenoxy) is 1. The molecule has 192 valence electrons. The summed E-state index contributed by atoms with van der Waals surface area (Å²) < 4.78 is 7.85. The molecule has 0 saturated heterocycles. The van der Waals surface area contributed by atoms with Crippen LogP contribution in [-0.4, -0.2) is 16.4 Å². The Labute approximate surface area is 226 Å². The Morgan fingerprint density at radius 2 is 1.54 bits per heavy atom. The molecule has 0 radical (unpaired) electrons. The summed E-state index contributed by atoms with van der Waals surface area (Å²) >= 11 is 0. The molecule has 5 heteroatoms. The van der Waals surface area contributed by atoms with E-state index in [4.69, 9.17) is 4.74 Å². The molecule has 0 unspecified atom stereocenters. The largest absolute Gasteiger partial charge is 0.458 e. The molecule has 1 aliphatic carbocycles. The van der Waals surface area contributed by atoms with Crippen molar-refractivity contribution >= 4 is 47.1 Å². The van der Waals surface area contributed by atoms with Crippen LogP contribution >= 0.6 is 0 Å². The lowest BCUT2D eigenvalue weighted by Crippen LogP contribution is -2.29. The maximum atomic E-state index is 13.4. The van der Waals surface area contributed by atoms with Crippen LogP contribution in [0.4, 0.5) is 5.69 Å². The lowest BCUT2D eigenvalue weighted by molar-refractivity contribution is 0.0926. The molecule has 1 aliphatic heterocycles. The lowest BCUT2D eigenvalue weighted by atomic mass is 9.99. The third kappa shape index (κ3) is 4.22. The molecule has 0 saturated carbocycles. The molecular weight excluding hydrogens is 484 g/mol. The molecule has 0 N–H and O–H groups in total. The highest BCUT2D eigenvalue weighted by molar-refractivity contribution is 6.34. The molecule has 2 aliphatic rings. The van der Waals surface area contributed by atoms with Crippen LogP contribution in [0.1, 0.15) is 51.6 Å². The van der Waals surface area contributed by atoms with Gasteiger partial charge in [-0.15, -0.1) is 0 Å². The molecule has 2 heterocycles. The number of amides is 2. The van der Waals surface area contributed by atoms with Crippen LogP contribution in [0, 0.1) is 0 Å². The van der Waals surface area contributed by atoms with Crippen molar-refractivity contribution in [1.82, 2.24) is 4.57 Å². The molecule has 6 rings (SSSR count). The van der Waals surface area contributed by atoms with Crippen LogP contribution in [0.3, 0.4) is 0 Å². The number of fused-ring (bicyclic) bond motifs is 2. The Balaban J connectivity index is 1.24. The lowest BCUT2D eigenvalue weighted by Gasteiger charge is -2.15. The standard InChI is InChI=1S/C34H28N2O3/c1-21(2)35-22(3)29-16-10-24(19-31(29)23(35)4)18-25-11-17-30-32(20-25)34(38)36(33(30)37)26-12-14-28(15-13-26)39-27-8-6-5-7-9-27/h6,8-17,19-20H,1,3-5,7,18H2,2H3. The molecule has 39 heavy (non-hydrogen) atoms. The third-order valence-electron chi connectivity index (χ3n) is 7.28. The van der Waals surface area contributed by atoms with Gasteiger partial charge in [-0.25, -0.2) is 4.90 Å². The van der Waals surface area contributed by atoms with Crippen LogP contribution in [-0.2, 0) is 6.42 Å². The van der Waals surface area contributed by atoms with Crippen molar-refractivity contribution in [3.05, 3.63) is 124 Å². The number of allylic oxidation sites excluding steroid dienone is 4. The average molecular weight is 513 g/mol. The van der Waals surface area contributed by atoms with E-state index >= 15 is 0 Å². The average Bonchev–Trinajstić information content (AvgIpc) is 3.33. The van der Waals surface area contributed by atoms with Gasteiger partial charge in [0.25, 0.3) is 11.8 Å². The van der Waals surface area contributed by atoms with Gasteiger partial charge in [0.2, 0.25) is 0 Å². The molecule has 4 aromatic rings. The zero-order valence-electron chi connectivity index (χ0n) is 21.9. The number of rotatable bonds is 6. The minimum atomic E-state index is -0.320. The summed E-state index contributed by atoms with van der Waals surface area (Å²) in [5.74, 6) is 0.815. The summed E-state index contributed by atoms with van der Waals surface area (Å²) in [6.45, 7) is 14.4. The van der Waals surface area contributed by atoms with Crippen LogP contribution in [0.2, 0.25) is 0 Å². The Kier molecular flexibility index (Phi) is 5.92. The van der Waals surface area contributed by atoms with E-state index in [1.54, 1.807) is 30.3 Å². The topological polar surface area (TPSA) is 51.5 Å². The van der Waals surface area contributed by atoms with Crippen molar-refractivity contribution in [2.45, 2.75) is 26.2 Å². The van der Waals surface area contributed by atoms with E-state index in [1.807, 2.05) is 35.8 Å². The van der Waals surface area contributed by atoms with Gasteiger partial charge in [-0.3, -0.25) is 9.59 Å². The van der Waals surface area contributed by atoms with E-state index in [0.29, 0.717) is 29.0 Å². The molecular formula is C34H28N2O3. The Morgan fingerprint density at radius 1 is 0.846 bits per heavy atom. The van der Waals surface area contributed by atoms with Gasteiger partial charge >= 0.3 is 0 Å². The second-order valence-electron chi connectivity index (χ2n) is 10.0. The molecule has 5 nitrogen and oxygen atoms in total. The summed E-state index contributed by atoms with van der Waals surface area (Å²) in [6.07, 6.45) is 8.65. The van der Waals surface area contributed by atoms with Gasteiger partial charge in [-0.1, -0.05) is 44.0 Å². The molecule has 0 atom stereocenters. The number of carbonyl (C=O) groups excluding carboxylic acids is 2. The van der Waals surface area contributed by atoms with Crippen molar-refractivity contribution < 1.29 is 14.3 Å². The smallest absolute Gasteiger partial charge is 0.266 e. The fraction of sp³-hybridized carbons (Fsp3) is 0.118. The van der Waals surface area contributed by atoms with Crippen LogP contribution in [0.15, 0.2) is 91.2 Å². The van der Waals surface area contributed by atoms with Crippen molar-refractivity contribution in [1.29, 1.82) is 0 Å². The van der Waals surface area contributed by atoms with Gasteiger partial charge in [-0.2, -0.15) is 0 Å². The van der Waals surface area contributed by atoms with E-state index in [1.165, 1.54) is 4.90 Å². The number of benzene rings is 3. The molecule has 1 aromatic heterocycles. The van der Waals surface area contributed by atoms with E-state index in [9.17, 15) is 9.59 Å². The fourth-order valence-electron chi connectivity index (χ4n) is 5.39. The summed E-state index contributed by atoms with van der Waals surface area (Å²) in [7, 11) is 0. The van der Waals surface area contributed by atoms with Gasteiger partial charge < -0.3 is 9.30 Å². The zero-order chi connectivity index (χ0) is 27.3. The number of aromatic nitrogens is 1. The highest BCUT2D eigenvalue weighted by Crippen LogP contribution is 2.31. The Hall–Kier alpha value is -4.90. The van der Waals surface area contributed by atoms with Crippen LogP contribution in [0.5, 0.6) is 5.75 Å². The normalized spacial score (nSPS) is 14.6. The molecule has 3 aromatic carbocycles. The minimum Gasteiger partial charge on any atom is -0.458 e. The van der Waals surface area contributed by atoms with Crippen LogP contribution in [0.25, 0.3) is 29.6 Å². The monoisotopic (exact) mass is 512 g/mol. The highest BCUT2D eigenvalue weighted by Gasteiger charge is 2.36. The summed E-state index contributed by atoms with van der Waals surface area (Å²) in [4.78, 5) is 27.8. The van der Waals surface area contributed by atoms with E-state index in [2.05, 4.69) is 44.0 Å². The zero-order valence-corrected chi connectivity index (χ0v) is 21.9. The molecule has 0 bridgehead atoms. The van der Waals surface area contributed by atoms with Crippen molar-refractivity contribution in [3.8, 4) is 5.75 Å². The summed E-state index contributed by atoms with van der Waals surface area (Å²) in [5.41, 5.74) is 4.25. The van der Waals surface area contributed by atoms with Crippen molar-refractivity contribution in [2.75, 3.05) is 4.90 Å². The first-order valence-corrected chi connectivity index (χ1v) is 13.0. The van der Waals surface area contributed by atoms with E-state index < -0.39 is 0 Å². The predicted molar refractivity (Wildman–Crippen MR) is 157 cm³/mol. The predicted octanol–water partition coefficient (Wildman–Crippen LogP) is 5.96. The number of anilines is 1. The maximum Gasteiger partial charge on any atom is 0.266 e. The first-order valence-electron chi connectivity index (χ1n) is 13.0. The highest BCUT2D eigenvalue weighted by atomic mass is 16.5.